The van der Waals surface area contributed by atoms with Crippen LogP contribution in [0.4, 0.5) is 17.6 Å². The first-order chi connectivity index (χ1) is 8.93. The molecule has 0 spiro atoms. The Hall–Kier alpha value is -1.10. The van der Waals surface area contributed by atoms with Gasteiger partial charge in [0, 0.05) is 6.04 Å². The number of rotatable bonds is 3. The molecule has 5 heteroatoms. The molecule has 1 unspecified atom stereocenters. The van der Waals surface area contributed by atoms with E-state index in [0.717, 1.165) is 43.9 Å². The van der Waals surface area contributed by atoms with Crippen molar-refractivity contribution >= 4 is 0 Å². The maximum atomic E-state index is 13.3. The second-order valence-corrected chi connectivity index (χ2v) is 5.04. The van der Waals surface area contributed by atoms with Crippen LogP contribution in [0.3, 0.4) is 0 Å². The lowest BCUT2D eigenvalue weighted by molar-refractivity contribution is -0.138. The van der Waals surface area contributed by atoms with Gasteiger partial charge in [0.15, 0.2) is 0 Å². The number of nitrogens with one attached hydrogen (secondary N) is 1. The summed E-state index contributed by atoms with van der Waals surface area (Å²) in [5.41, 5.74) is -0.706. The minimum Gasteiger partial charge on any atom is -0.313 e. The molecular weight excluding hydrogens is 258 g/mol. The van der Waals surface area contributed by atoms with Crippen molar-refractivity contribution in [1.82, 2.24) is 5.32 Å². The van der Waals surface area contributed by atoms with Crippen molar-refractivity contribution in [3.8, 4) is 0 Å². The van der Waals surface area contributed by atoms with Crippen molar-refractivity contribution in [3.63, 3.8) is 0 Å². The summed E-state index contributed by atoms with van der Waals surface area (Å²) in [5, 5.41) is 2.93. The molecule has 0 radical (unpaired) electrons. The van der Waals surface area contributed by atoms with Gasteiger partial charge in [-0.1, -0.05) is 12.8 Å². The summed E-state index contributed by atoms with van der Waals surface area (Å²) in [5.74, 6) is -0.478. The summed E-state index contributed by atoms with van der Waals surface area (Å²) in [6.45, 7) is 0. The average molecular weight is 275 g/mol. The fraction of sp³-hybridized carbons (Fsp3) is 0.571. The summed E-state index contributed by atoms with van der Waals surface area (Å²) in [4.78, 5) is 0. The van der Waals surface area contributed by atoms with E-state index in [4.69, 9.17) is 0 Å². The van der Waals surface area contributed by atoms with Gasteiger partial charge in [0.25, 0.3) is 0 Å². The van der Waals surface area contributed by atoms with Crippen molar-refractivity contribution < 1.29 is 17.6 Å². The maximum absolute atomic E-state index is 13.3. The molecule has 19 heavy (non-hydrogen) atoms. The summed E-state index contributed by atoms with van der Waals surface area (Å²) in [6, 6.07) is 2.29. The smallest absolute Gasteiger partial charge is 0.313 e. The Bertz CT molecular complexity index is 436. The second-order valence-electron chi connectivity index (χ2n) is 5.04. The van der Waals surface area contributed by atoms with Crippen LogP contribution in [-0.4, -0.2) is 7.05 Å². The maximum Gasteiger partial charge on any atom is 0.416 e. The fourth-order valence-electron chi connectivity index (χ4n) is 2.98. The van der Waals surface area contributed by atoms with Gasteiger partial charge in [0.1, 0.15) is 5.82 Å². The van der Waals surface area contributed by atoms with Crippen LogP contribution in [0.2, 0.25) is 0 Å². The normalized spacial score (nSPS) is 18.8. The first kappa shape index (κ1) is 14.3. The third-order valence-corrected chi connectivity index (χ3v) is 3.84. The number of halogens is 4. The average Bonchev–Trinajstić information content (AvgIpc) is 2.82. The zero-order valence-electron chi connectivity index (χ0n) is 10.7. The number of hydrogen-bond donors (Lipinski definition) is 1. The van der Waals surface area contributed by atoms with Crippen molar-refractivity contribution in [1.29, 1.82) is 0 Å². The molecule has 1 atom stereocenters. The highest BCUT2D eigenvalue weighted by molar-refractivity contribution is 5.33. The highest BCUT2D eigenvalue weighted by atomic mass is 19.4. The summed E-state index contributed by atoms with van der Waals surface area (Å²) >= 11 is 0. The molecule has 0 heterocycles. The lowest BCUT2D eigenvalue weighted by Crippen LogP contribution is -2.26. The lowest BCUT2D eigenvalue weighted by atomic mass is 9.88. The van der Waals surface area contributed by atoms with Crippen molar-refractivity contribution in [3.05, 3.63) is 35.1 Å². The number of alkyl halides is 3. The molecule has 2 rings (SSSR count). The molecule has 1 fully saturated rings. The molecule has 0 saturated heterocycles. The van der Waals surface area contributed by atoms with Crippen LogP contribution in [0.1, 0.15) is 42.9 Å². The molecule has 1 aromatic rings. The minimum absolute atomic E-state index is 0.0295. The van der Waals surface area contributed by atoms with E-state index < -0.39 is 23.6 Å². The zero-order valence-corrected chi connectivity index (χ0v) is 10.7. The minimum atomic E-state index is -4.45. The van der Waals surface area contributed by atoms with Gasteiger partial charge >= 0.3 is 6.18 Å². The Labute approximate surface area is 110 Å². The first-order valence-electron chi connectivity index (χ1n) is 6.47. The fourth-order valence-corrected chi connectivity index (χ4v) is 2.98. The van der Waals surface area contributed by atoms with E-state index in [1.165, 1.54) is 0 Å². The molecular formula is C14H17F4N. The molecule has 1 nitrogen and oxygen atoms in total. The van der Waals surface area contributed by atoms with Gasteiger partial charge in [-0.25, -0.2) is 4.39 Å². The zero-order chi connectivity index (χ0) is 14.0. The Morgan fingerprint density at radius 3 is 2.37 bits per heavy atom. The highest BCUT2D eigenvalue weighted by Gasteiger charge is 2.37. The Balaban J connectivity index is 2.42. The van der Waals surface area contributed by atoms with E-state index in [-0.39, 0.29) is 11.5 Å². The van der Waals surface area contributed by atoms with E-state index >= 15 is 0 Å². The van der Waals surface area contributed by atoms with E-state index in [0.29, 0.717) is 0 Å². The summed E-state index contributed by atoms with van der Waals surface area (Å²) in [6.07, 6.45) is -0.617. The predicted molar refractivity (Wildman–Crippen MR) is 65.2 cm³/mol. The molecule has 1 aliphatic rings. The van der Waals surface area contributed by atoms with Crippen LogP contribution >= 0.6 is 0 Å². The first-order valence-corrected chi connectivity index (χ1v) is 6.47. The second kappa shape index (κ2) is 5.49. The largest absolute Gasteiger partial charge is 0.416 e. The third-order valence-electron chi connectivity index (χ3n) is 3.84. The van der Waals surface area contributed by atoms with Gasteiger partial charge < -0.3 is 5.32 Å². The van der Waals surface area contributed by atoms with Gasteiger partial charge in [-0.05, 0) is 49.6 Å². The van der Waals surface area contributed by atoms with E-state index in [2.05, 4.69) is 5.32 Å². The van der Waals surface area contributed by atoms with Crippen molar-refractivity contribution in [2.45, 2.75) is 37.9 Å². The predicted octanol–water partition coefficient (Wildman–Crippen LogP) is 4.30. The molecule has 0 aliphatic heterocycles. The van der Waals surface area contributed by atoms with Crippen LogP contribution in [0.5, 0.6) is 0 Å². The van der Waals surface area contributed by atoms with Crippen LogP contribution in [0.15, 0.2) is 18.2 Å². The highest BCUT2D eigenvalue weighted by Crippen LogP contribution is 2.41. The van der Waals surface area contributed by atoms with Crippen molar-refractivity contribution in [2.75, 3.05) is 7.05 Å². The molecule has 1 aromatic carbocycles. The Morgan fingerprint density at radius 1 is 1.21 bits per heavy atom. The molecule has 1 aliphatic carbocycles. The SMILES string of the molecule is CNC(c1cc(F)ccc1C(F)(F)F)C1CCCC1. The third kappa shape index (κ3) is 3.08. The van der Waals surface area contributed by atoms with Gasteiger partial charge in [-0.3, -0.25) is 0 Å². The number of hydrogen-bond acceptors (Lipinski definition) is 1. The molecule has 1 N–H and O–H groups in total. The van der Waals surface area contributed by atoms with E-state index in [1.54, 1.807) is 7.05 Å². The molecule has 0 amide bonds. The summed E-state index contributed by atoms with van der Waals surface area (Å²) in [7, 11) is 1.63. The van der Waals surface area contributed by atoms with Gasteiger partial charge in [-0.15, -0.1) is 0 Å². The monoisotopic (exact) mass is 275 g/mol. The molecule has 1 saturated carbocycles. The van der Waals surface area contributed by atoms with Gasteiger partial charge in [0.05, 0.1) is 5.56 Å². The molecule has 0 bridgehead atoms. The Kier molecular flexibility index (Phi) is 4.13. The molecule has 0 aromatic heterocycles. The van der Waals surface area contributed by atoms with Crippen LogP contribution in [0.25, 0.3) is 0 Å². The Morgan fingerprint density at radius 2 is 1.84 bits per heavy atom. The number of benzene rings is 1. The summed E-state index contributed by atoms with van der Waals surface area (Å²) < 4.78 is 52.4. The standard InChI is InChI=1S/C14H17F4N/c1-19-13(9-4-2-3-5-9)11-8-10(15)6-7-12(11)14(16,17)18/h6-9,13,19H,2-5H2,1H3. The van der Waals surface area contributed by atoms with Crippen LogP contribution < -0.4 is 5.32 Å². The lowest BCUT2D eigenvalue weighted by Gasteiger charge is -2.26. The topological polar surface area (TPSA) is 12.0 Å². The van der Waals surface area contributed by atoms with Gasteiger partial charge in [0.2, 0.25) is 0 Å². The van der Waals surface area contributed by atoms with Gasteiger partial charge in [-0.2, -0.15) is 13.2 Å². The van der Waals surface area contributed by atoms with Crippen LogP contribution in [-0.2, 0) is 6.18 Å². The molecule has 106 valence electrons. The quantitative estimate of drug-likeness (QED) is 0.811. The van der Waals surface area contributed by atoms with E-state index in [1.807, 2.05) is 0 Å². The van der Waals surface area contributed by atoms with Crippen molar-refractivity contribution in [2.24, 2.45) is 5.92 Å². The van der Waals surface area contributed by atoms with E-state index in [9.17, 15) is 17.6 Å². The van der Waals surface area contributed by atoms with Crippen LogP contribution in [0, 0.1) is 11.7 Å².